The molecule has 6 heteroatoms. The zero-order valence-electron chi connectivity index (χ0n) is 30.3. The smallest absolute Gasteiger partial charge is 0.306 e. The van der Waals surface area contributed by atoms with Gasteiger partial charge in [0.15, 0.2) is 6.10 Å². The first-order valence-electron chi connectivity index (χ1n) is 19.3. The van der Waals surface area contributed by atoms with E-state index in [1.54, 1.807) is 0 Å². The Balaban J connectivity index is 4.30. The Bertz CT molecular complexity index is 759. The molecule has 1 unspecified atom stereocenters. The third kappa shape index (κ3) is 33.3. The molecule has 0 heterocycles. The zero-order chi connectivity index (χ0) is 33.8. The first-order valence-corrected chi connectivity index (χ1v) is 19.3. The van der Waals surface area contributed by atoms with Gasteiger partial charge >= 0.3 is 17.9 Å². The van der Waals surface area contributed by atoms with Gasteiger partial charge in [-0.25, -0.2) is 0 Å². The number of rotatable bonds is 34. The highest BCUT2D eigenvalue weighted by atomic mass is 16.6. The summed E-state index contributed by atoms with van der Waals surface area (Å²) in [6.07, 6.45) is 36.2. The lowest BCUT2D eigenvalue weighted by atomic mass is 10.1. The van der Waals surface area contributed by atoms with Crippen LogP contribution in [0.25, 0.3) is 0 Å². The van der Waals surface area contributed by atoms with Crippen LogP contribution < -0.4 is 0 Å². The second-order valence-electron chi connectivity index (χ2n) is 12.8. The third-order valence-corrected chi connectivity index (χ3v) is 8.16. The molecule has 0 N–H and O–H groups in total. The molecule has 0 radical (unpaired) electrons. The second-order valence-corrected chi connectivity index (χ2v) is 12.8. The highest BCUT2D eigenvalue weighted by molar-refractivity contribution is 5.71. The van der Waals surface area contributed by atoms with Crippen molar-refractivity contribution < 1.29 is 28.6 Å². The molecular weight excluding hydrogens is 576 g/mol. The van der Waals surface area contributed by atoms with Crippen molar-refractivity contribution in [1.82, 2.24) is 0 Å². The van der Waals surface area contributed by atoms with Crippen LogP contribution in [0.2, 0.25) is 0 Å². The van der Waals surface area contributed by atoms with Gasteiger partial charge in [-0.2, -0.15) is 0 Å². The Morgan fingerprint density at radius 1 is 0.413 bits per heavy atom. The fraction of sp³-hybridized carbons (Fsp3) is 0.825. The van der Waals surface area contributed by atoms with Gasteiger partial charge in [0.1, 0.15) is 13.2 Å². The van der Waals surface area contributed by atoms with Crippen LogP contribution in [0.5, 0.6) is 0 Å². The van der Waals surface area contributed by atoms with Crippen molar-refractivity contribution in [1.29, 1.82) is 0 Å². The van der Waals surface area contributed by atoms with E-state index >= 15 is 0 Å². The maximum absolute atomic E-state index is 12.5. The lowest BCUT2D eigenvalue weighted by Crippen LogP contribution is -2.30. The molecule has 0 aromatic carbocycles. The molecule has 0 aliphatic heterocycles. The van der Waals surface area contributed by atoms with E-state index in [2.05, 4.69) is 45.1 Å². The van der Waals surface area contributed by atoms with E-state index in [9.17, 15) is 14.4 Å². The summed E-state index contributed by atoms with van der Waals surface area (Å²) in [6.45, 7) is 6.43. The number of ether oxygens (including phenoxy) is 3. The van der Waals surface area contributed by atoms with Gasteiger partial charge in [-0.1, -0.05) is 135 Å². The van der Waals surface area contributed by atoms with Gasteiger partial charge in [0, 0.05) is 19.3 Å². The van der Waals surface area contributed by atoms with Crippen molar-refractivity contribution in [2.75, 3.05) is 13.2 Å². The molecule has 0 aliphatic rings. The predicted octanol–water partition coefficient (Wildman–Crippen LogP) is 11.7. The molecule has 0 saturated heterocycles. The summed E-state index contributed by atoms with van der Waals surface area (Å²) in [5.74, 6) is -0.916. The Morgan fingerprint density at radius 3 is 1.20 bits per heavy atom. The standard InChI is InChI=1S/C40H72O6/c1-4-7-10-13-15-17-19-20-21-23-24-27-30-33-39(42)45-36-37(35-44-38(41)32-29-26-12-9-6-3)46-40(43)34-31-28-25-22-18-16-14-11-8-5-2/h11,14,17,19,37H,4-10,12-13,15-16,18,20-36H2,1-3H3/b14-11-,19-17-. The number of hydrogen-bond donors (Lipinski definition) is 0. The summed E-state index contributed by atoms with van der Waals surface area (Å²) in [5.41, 5.74) is 0. The summed E-state index contributed by atoms with van der Waals surface area (Å²) in [4.78, 5) is 37.2. The van der Waals surface area contributed by atoms with E-state index in [-0.39, 0.29) is 31.1 Å². The molecule has 0 amide bonds. The molecule has 0 aromatic heterocycles. The van der Waals surface area contributed by atoms with E-state index in [4.69, 9.17) is 14.2 Å². The maximum atomic E-state index is 12.5. The number of esters is 3. The lowest BCUT2D eigenvalue weighted by Gasteiger charge is -2.18. The quantitative estimate of drug-likeness (QED) is 0.0299. The minimum atomic E-state index is -0.768. The number of hydrogen-bond acceptors (Lipinski definition) is 6. The fourth-order valence-corrected chi connectivity index (χ4v) is 5.20. The lowest BCUT2D eigenvalue weighted by molar-refractivity contribution is -0.167. The van der Waals surface area contributed by atoms with Crippen molar-refractivity contribution >= 4 is 17.9 Å². The van der Waals surface area contributed by atoms with Crippen molar-refractivity contribution in [3.63, 3.8) is 0 Å². The Morgan fingerprint density at radius 2 is 0.761 bits per heavy atom. The van der Waals surface area contributed by atoms with Crippen molar-refractivity contribution in [2.45, 2.75) is 200 Å². The van der Waals surface area contributed by atoms with Crippen LogP contribution in [0.15, 0.2) is 24.3 Å². The van der Waals surface area contributed by atoms with Gasteiger partial charge in [0.05, 0.1) is 0 Å². The molecule has 0 bridgehead atoms. The third-order valence-electron chi connectivity index (χ3n) is 8.16. The Kier molecular flexibility index (Phi) is 34.1. The molecule has 0 spiro atoms. The summed E-state index contributed by atoms with van der Waals surface area (Å²) >= 11 is 0. The molecule has 0 rings (SSSR count). The minimum Gasteiger partial charge on any atom is -0.462 e. The topological polar surface area (TPSA) is 78.9 Å². The van der Waals surface area contributed by atoms with Crippen LogP contribution in [0.3, 0.4) is 0 Å². The predicted molar refractivity (Wildman–Crippen MR) is 192 cm³/mol. The molecule has 1 atom stereocenters. The molecule has 0 aromatic rings. The number of unbranched alkanes of at least 4 members (excludes halogenated alkanes) is 19. The van der Waals surface area contributed by atoms with Crippen LogP contribution in [0.4, 0.5) is 0 Å². The van der Waals surface area contributed by atoms with E-state index in [1.807, 2.05) is 0 Å². The van der Waals surface area contributed by atoms with E-state index in [1.165, 1.54) is 64.2 Å². The molecular formula is C40H72O6. The average molecular weight is 649 g/mol. The number of allylic oxidation sites excluding steroid dienone is 4. The van der Waals surface area contributed by atoms with Gasteiger partial charge in [0.2, 0.25) is 0 Å². The molecule has 268 valence electrons. The molecule has 6 nitrogen and oxygen atoms in total. The summed E-state index contributed by atoms with van der Waals surface area (Å²) in [5, 5.41) is 0. The molecule has 0 aliphatic carbocycles. The fourth-order valence-electron chi connectivity index (χ4n) is 5.20. The van der Waals surface area contributed by atoms with E-state index in [0.29, 0.717) is 19.3 Å². The Labute approximate surface area is 283 Å². The summed E-state index contributed by atoms with van der Waals surface area (Å²) in [7, 11) is 0. The van der Waals surface area contributed by atoms with Gasteiger partial charge in [-0.05, 0) is 64.2 Å². The zero-order valence-corrected chi connectivity index (χ0v) is 30.3. The molecule has 0 fully saturated rings. The largest absolute Gasteiger partial charge is 0.462 e. The van der Waals surface area contributed by atoms with Gasteiger partial charge < -0.3 is 14.2 Å². The highest BCUT2D eigenvalue weighted by Gasteiger charge is 2.19. The van der Waals surface area contributed by atoms with Crippen molar-refractivity contribution in [3.8, 4) is 0 Å². The molecule has 0 saturated carbocycles. The van der Waals surface area contributed by atoms with Gasteiger partial charge in [-0.3, -0.25) is 14.4 Å². The number of carbonyl (C=O) groups excluding carboxylic acids is 3. The maximum Gasteiger partial charge on any atom is 0.306 e. The van der Waals surface area contributed by atoms with E-state index in [0.717, 1.165) is 89.9 Å². The Hall–Kier alpha value is -2.11. The van der Waals surface area contributed by atoms with Crippen LogP contribution in [0, 0.1) is 0 Å². The minimum absolute atomic E-state index is 0.0778. The van der Waals surface area contributed by atoms with Crippen LogP contribution >= 0.6 is 0 Å². The van der Waals surface area contributed by atoms with Gasteiger partial charge in [0.25, 0.3) is 0 Å². The first kappa shape index (κ1) is 43.9. The van der Waals surface area contributed by atoms with Crippen molar-refractivity contribution in [3.05, 3.63) is 24.3 Å². The second kappa shape index (κ2) is 35.7. The first-order chi connectivity index (χ1) is 22.5. The monoisotopic (exact) mass is 649 g/mol. The summed E-state index contributed by atoms with van der Waals surface area (Å²) < 4.78 is 16.5. The summed E-state index contributed by atoms with van der Waals surface area (Å²) in [6, 6.07) is 0. The normalized spacial score (nSPS) is 12.2. The molecule has 46 heavy (non-hydrogen) atoms. The van der Waals surface area contributed by atoms with Gasteiger partial charge in [-0.15, -0.1) is 0 Å². The van der Waals surface area contributed by atoms with Crippen LogP contribution in [0.1, 0.15) is 194 Å². The highest BCUT2D eigenvalue weighted by Crippen LogP contribution is 2.12. The van der Waals surface area contributed by atoms with Crippen molar-refractivity contribution in [2.24, 2.45) is 0 Å². The van der Waals surface area contributed by atoms with Crippen LogP contribution in [-0.2, 0) is 28.6 Å². The SMILES string of the molecule is CCC/C=C\CCCCCCCC(=O)OC(COC(=O)CCCCCCC)COC(=O)CCCCCCC/C=C\CCCCCC. The van der Waals surface area contributed by atoms with Crippen LogP contribution in [-0.4, -0.2) is 37.2 Å². The van der Waals surface area contributed by atoms with E-state index < -0.39 is 6.10 Å². The average Bonchev–Trinajstić information content (AvgIpc) is 3.05. The number of carbonyl (C=O) groups is 3.